The van der Waals surface area contributed by atoms with E-state index in [4.69, 9.17) is 4.74 Å². The molecule has 0 saturated heterocycles. The third kappa shape index (κ3) is 9.36. The maximum atomic E-state index is 12.9. The van der Waals surface area contributed by atoms with Gasteiger partial charge in [-0.2, -0.15) is 0 Å². The molecule has 0 aliphatic carbocycles. The van der Waals surface area contributed by atoms with Crippen molar-refractivity contribution in [1.82, 2.24) is 20.9 Å². The number of ether oxygens (including phenoxy) is 1. The smallest absolute Gasteiger partial charge is 0.329 e. The number of amides is 3. The Labute approximate surface area is 208 Å². The third-order valence-corrected chi connectivity index (χ3v) is 5.69. The van der Waals surface area contributed by atoms with Crippen molar-refractivity contribution in [2.75, 3.05) is 5.75 Å². The molecule has 188 valence electrons. The van der Waals surface area contributed by atoms with Crippen LogP contribution in [-0.2, 0) is 30.5 Å². The number of rotatable bonds is 5. The first-order valence-electron chi connectivity index (χ1n) is 11.1. The van der Waals surface area contributed by atoms with Crippen molar-refractivity contribution in [3.8, 4) is 0 Å². The van der Waals surface area contributed by atoms with Gasteiger partial charge in [0.15, 0.2) is 5.12 Å². The highest BCUT2D eigenvalue weighted by atomic mass is 32.2. The maximum absolute atomic E-state index is 12.9. The van der Waals surface area contributed by atoms with Crippen molar-refractivity contribution in [1.29, 1.82) is 0 Å². The molecule has 35 heavy (non-hydrogen) atoms. The molecule has 0 unspecified atom stereocenters. The Morgan fingerprint density at radius 2 is 2.00 bits per heavy atom. The molecule has 2 bridgehead atoms. The van der Waals surface area contributed by atoms with Gasteiger partial charge in [-0.05, 0) is 30.5 Å². The highest BCUT2D eigenvalue weighted by Crippen LogP contribution is 2.12. The standard InChI is InChI=1S/C24H30N4O6S/c1-14(2)21-24(33)34-18(9-5-6-11-35-16(4)29)12-20(30)25-13-17-8-7-10-19(27-17)23(32)26-15(3)22(31)28-21/h5,7-10,14,18,21H,3,6,11-13H2,1-2,4H3,(H,25,30)(H,26,32)(H,28,31)/b9-5+/t18-,21+/m1/s1. The number of cyclic esters (lactones) is 1. The summed E-state index contributed by atoms with van der Waals surface area (Å²) in [7, 11) is 0. The van der Waals surface area contributed by atoms with Gasteiger partial charge in [0.2, 0.25) is 5.91 Å². The molecule has 2 heterocycles. The van der Waals surface area contributed by atoms with Gasteiger partial charge in [0, 0.05) is 12.7 Å². The number of hydrogen-bond donors (Lipinski definition) is 3. The number of carbonyl (C=O) groups excluding carboxylic acids is 5. The van der Waals surface area contributed by atoms with Crippen molar-refractivity contribution < 1.29 is 28.7 Å². The second kappa shape index (κ2) is 13.4. The van der Waals surface area contributed by atoms with E-state index in [9.17, 15) is 24.0 Å². The highest BCUT2D eigenvalue weighted by Gasteiger charge is 2.29. The summed E-state index contributed by atoms with van der Waals surface area (Å²) in [6.07, 6.45) is 2.83. The zero-order valence-electron chi connectivity index (χ0n) is 20.0. The quantitative estimate of drug-likeness (QED) is 0.239. The number of carbonyl (C=O) groups is 5. The van der Waals surface area contributed by atoms with Crippen LogP contribution in [0.4, 0.5) is 0 Å². The van der Waals surface area contributed by atoms with Crippen LogP contribution in [0.3, 0.4) is 0 Å². The van der Waals surface area contributed by atoms with Crippen molar-refractivity contribution in [3.05, 3.63) is 54.0 Å². The summed E-state index contributed by atoms with van der Waals surface area (Å²) >= 11 is 1.17. The van der Waals surface area contributed by atoms with Crippen LogP contribution in [-0.4, -0.2) is 51.7 Å². The number of fused-ring (bicyclic) bond motifs is 2. The predicted molar refractivity (Wildman–Crippen MR) is 131 cm³/mol. The Morgan fingerprint density at radius 1 is 1.26 bits per heavy atom. The van der Waals surface area contributed by atoms with E-state index in [1.807, 2.05) is 0 Å². The molecule has 1 aromatic heterocycles. The Balaban J connectivity index is 2.29. The van der Waals surface area contributed by atoms with Crippen molar-refractivity contribution in [2.45, 2.75) is 52.3 Å². The van der Waals surface area contributed by atoms with Crippen LogP contribution >= 0.6 is 11.8 Å². The number of allylic oxidation sites excluding steroid dienone is 1. The first kappa shape index (κ1) is 27.8. The molecular weight excluding hydrogens is 472 g/mol. The lowest BCUT2D eigenvalue weighted by Crippen LogP contribution is -2.48. The van der Waals surface area contributed by atoms with Crippen LogP contribution in [0.15, 0.2) is 42.6 Å². The molecule has 3 amide bonds. The summed E-state index contributed by atoms with van der Waals surface area (Å²) in [5, 5.41) is 7.61. The third-order valence-electron chi connectivity index (χ3n) is 4.85. The number of nitrogens with one attached hydrogen (secondary N) is 3. The zero-order chi connectivity index (χ0) is 26.0. The van der Waals surface area contributed by atoms with Gasteiger partial charge in [-0.25, -0.2) is 9.78 Å². The van der Waals surface area contributed by atoms with E-state index in [2.05, 4.69) is 27.5 Å². The van der Waals surface area contributed by atoms with Gasteiger partial charge in [-0.1, -0.05) is 44.3 Å². The lowest BCUT2D eigenvalue weighted by molar-refractivity contribution is -0.153. The molecule has 0 spiro atoms. The van der Waals surface area contributed by atoms with Crippen LogP contribution in [0.25, 0.3) is 0 Å². The molecule has 2 rings (SSSR count). The Bertz CT molecular complexity index is 1020. The SMILES string of the molecule is C=C1NC(=O)c2cccc(n2)CNC(=O)C[C@@H](/C=C/CCSC(C)=O)OC(=O)[C@H](C(C)C)NC1=O. The number of hydrogen-bond acceptors (Lipinski definition) is 8. The van der Waals surface area contributed by atoms with Crippen molar-refractivity contribution in [2.24, 2.45) is 5.92 Å². The van der Waals surface area contributed by atoms with Gasteiger partial charge < -0.3 is 20.7 Å². The van der Waals surface area contributed by atoms with E-state index in [0.717, 1.165) is 0 Å². The zero-order valence-corrected chi connectivity index (χ0v) is 20.8. The van der Waals surface area contributed by atoms with Crippen LogP contribution in [0.1, 0.15) is 49.8 Å². The van der Waals surface area contributed by atoms with Gasteiger partial charge in [0.05, 0.1) is 24.4 Å². The Morgan fingerprint density at radius 3 is 2.69 bits per heavy atom. The summed E-state index contributed by atoms with van der Waals surface area (Å²) in [6.45, 7) is 8.56. The van der Waals surface area contributed by atoms with Crippen LogP contribution in [0.5, 0.6) is 0 Å². The van der Waals surface area contributed by atoms with Crippen molar-refractivity contribution in [3.63, 3.8) is 0 Å². The second-order valence-electron chi connectivity index (χ2n) is 8.16. The average molecular weight is 503 g/mol. The number of esters is 1. The van der Waals surface area contributed by atoms with Crippen LogP contribution in [0.2, 0.25) is 0 Å². The minimum Gasteiger partial charge on any atom is -0.456 e. The molecule has 0 aromatic carbocycles. The number of nitrogens with zero attached hydrogens (tertiary/aromatic N) is 1. The van der Waals surface area contributed by atoms with E-state index in [1.165, 1.54) is 24.8 Å². The van der Waals surface area contributed by atoms with E-state index < -0.39 is 35.8 Å². The number of thioether (sulfide) groups is 1. The highest BCUT2D eigenvalue weighted by molar-refractivity contribution is 8.13. The summed E-state index contributed by atoms with van der Waals surface area (Å²) in [5.74, 6) is -2.32. The summed E-state index contributed by atoms with van der Waals surface area (Å²) in [4.78, 5) is 65.9. The molecule has 10 nitrogen and oxygen atoms in total. The minimum absolute atomic E-state index is 0.000104. The van der Waals surface area contributed by atoms with Gasteiger partial charge in [-0.3, -0.25) is 19.2 Å². The summed E-state index contributed by atoms with van der Waals surface area (Å²) in [5.41, 5.74) is 0.223. The topological polar surface area (TPSA) is 144 Å². The fraction of sp³-hybridized carbons (Fsp3) is 0.417. The first-order chi connectivity index (χ1) is 16.6. The van der Waals surface area contributed by atoms with Crippen LogP contribution < -0.4 is 16.0 Å². The fourth-order valence-electron chi connectivity index (χ4n) is 3.02. The molecule has 1 aromatic rings. The van der Waals surface area contributed by atoms with Crippen LogP contribution in [0, 0.1) is 5.92 Å². The van der Waals surface area contributed by atoms with E-state index >= 15 is 0 Å². The molecule has 0 saturated carbocycles. The maximum Gasteiger partial charge on any atom is 0.329 e. The molecule has 0 fully saturated rings. The minimum atomic E-state index is -1.04. The second-order valence-corrected chi connectivity index (χ2v) is 9.43. The van der Waals surface area contributed by atoms with Gasteiger partial charge >= 0.3 is 5.97 Å². The molecule has 11 heteroatoms. The molecule has 1 aliphatic rings. The average Bonchev–Trinajstić information content (AvgIpc) is 2.79. The van der Waals surface area contributed by atoms with E-state index in [0.29, 0.717) is 17.9 Å². The van der Waals surface area contributed by atoms with E-state index in [-0.39, 0.29) is 35.4 Å². The summed E-state index contributed by atoms with van der Waals surface area (Å²) in [6, 6.07) is 3.67. The summed E-state index contributed by atoms with van der Waals surface area (Å²) < 4.78 is 5.56. The van der Waals surface area contributed by atoms with Gasteiger partial charge in [-0.15, -0.1) is 0 Å². The fourth-order valence-corrected chi connectivity index (χ4v) is 3.56. The van der Waals surface area contributed by atoms with Gasteiger partial charge in [0.25, 0.3) is 11.8 Å². The lowest BCUT2D eigenvalue weighted by Gasteiger charge is -2.24. The lowest BCUT2D eigenvalue weighted by atomic mass is 10.0. The molecule has 2 atom stereocenters. The van der Waals surface area contributed by atoms with E-state index in [1.54, 1.807) is 38.1 Å². The largest absolute Gasteiger partial charge is 0.456 e. The molecule has 0 radical (unpaired) electrons. The first-order valence-corrected chi connectivity index (χ1v) is 12.1. The molecule has 3 N–H and O–H groups in total. The molecular formula is C24H30N4O6S. The van der Waals surface area contributed by atoms with Crippen molar-refractivity contribution >= 4 is 40.6 Å². The Kier molecular flexibility index (Phi) is 10.7. The van der Waals surface area contributed by atoms with Gasteiger partial charge in [0.1, 0.15) is 17.8 Å². The normalized spacial score (nSPS) is 20.3. The number of aromatic nitrogens is 1. The predicted octanol–water partition coefficient (Wildman–Crippen LogP) is 1.62. The Hall–Kier alpha value is -3.47. The molecule has 1 aliphatic heterocycles. The number of pyridine rings is 1. The monoisotopic (exact) mass is 502 g/mol.